The second-order valence-electron chi connectivity index (χ2n) is 4.03. The molecule has 1 heterocycles. The smallest absolute Gasteiger partial charge is 0.444 e. The lowest BCUT2D eigenvalue weighted by Gasteiger charge is -2.18. The summed E-state index contributed by atoms with van der Waals surface area (Å²) in [5, 5.41) is 3.76. The van der Waals surface area contributed by atoms with Crippen molar-refractivity contribution >= 4 is 12.6 Å². The number of aryl methyl sites for hydroxylation is 2. The van der Waals surface area contributed by atoms with Gasteiger partial charge in [-0.15, -0.1) is 0 Å². The summed E-state index contributed by atoms with van der Waals surface area (Å²) in [5.41, 5.74) is 1.55. The van der Waals surface area contributed by atoms with Crippen molar-refractivity contribution in [3.8, 4) is 5.69 Å². The zero-order chi connectivity index (χ0) is 12.6. The van der Waals surface area contributed by atoms with E-state index in [0.717, 1.165) is 21.9 Å². The van der Waals surface area contributed by atoms with Crippen LogP contribution in [0.3, 0.4) is 0 Å². The Bertz CT molecular complexity index is 546. The van der Waals surface area contributed by atoms with Crippen LogP contribution in [-0.4, -0.2) is 16.8 Å². The van der Waals surface area contributed by atoms with Crippen molar-refractivity contribution < 1.29 is 12.9 Å². The van der Waals surface area contributed by atoms with Gasteiger partial charge in [-0.1, -0.05) is 23.8 Å². The molecule has 6 heteroatoms. The van der Waals surface area contributed by atoms with E-state index >= 15 is 0 Å². The van der Waals surface area contributed by atoms with Gasteiger partial charge in [0, 0.05) is 6.20 Å². The molecule has 0 aliphatic heterocycles. The highest BCUT2D eigenvalue weighted by atomic mass is 19.4. The summed E-state index contributed by atoms with van der Waals surface area (Å²) >= 11 is 0. The molecule has 0 unspecified atom stereocenters. The van der Waals surface area contributed by atoms with Crippen LogP contribution >= 0.6 is 0 Å². The van der Waals surface area contributed by atoms with E-state index in [1.165, 1.54) is 6.20 Å². The molecular formula is C11H11BF3N2-. The van der Waals surface area contributed by atoms with Gasteiger partial charge in [-0.2, -0.15) is 5.10 Å². The van der Waals surface area contributed by atoms with E-state index in [1.54, 1.807) is 19.1 Å². The Morgan fingerprint density at radius 2 is 1.82 bits per heavy atom. The molecule has 0 amide bonds. The Labute approximate surface area is 97.1 Å². The molecular weight excluding hydrogens is 228 g/mol. The standard InChI is InChI=1S/C11H11BF3N2/c1-8-3-4-10(9(2)7-8)17-11(5-6-16-17)12(13,14)15/h3-7H,1-2H3/q-1. The predicted octanol–water partition coefficient (Wildman–Crippen LogP) is 2.54. The number of halogens is 3. The summed E-state index contributed by atoms with van der Waals surface area (Å²) < 4.78 is 39.3. The molecule has 90 valence electrons. The van der Waals surface area contributed by atoms with Gasteiger partial charge in [0.25, 0.3) is 0 Å². The van der Waals surface area contributed by atoms with Gasteiger partial charge in [0.05, 0.1) is 5.69 Å². The summed E-state index contributed by atoms with van der Waals surface area (Å²) in [6.07, 6.45) is 1.17. The molecule has 1 aromatic carbocycles. The first-order valence-electron chi connectivity index (χ1n) is 5.21. The van der Waals surface area contributed by atoms with Crippen molar-refractivity contribution in [3.05, 3.63) is 41.6 Å². The third-order valence-electron chi connectivity index (χ3n) is 2.59. The maximum absolute atomic E-state index is 12.8. The van der Waals surface area contributed by atoms with Gasteiger partial charge >= 0.3 is 6.98 Å². The third kappa shape index (κ3) is 2.20. The molecule has 0 atom stereocenters. The lowest BCUT2D eigenvalue weighted by atomic mass is 9.86. The van der Waals surface area contributed by atoms with Gasteiger partial charge in [-0.3, -0.25) is 4.68 Å². The van der Waals surface area contributed by atoms with E-state index < -0.39 is 12.6 Å². The minimum atomic E-state index is -5.05. The molecule has 0 bridgehead atoms. The number of benzene rings is 1. The molecule has 0 N–H and O–H groups in total. The molecule has 0 fully saturated rings. The normalized spacial score (nSPS) is 11.8. The first kappa shape index (κ1) is 11.8. The molecule has 0 saturated carbocycles. The Balaban J connectivity index is 2.58. The van der Waals surface area contributed by atoms with E-state index in [9.17, 15) is 12.9 Å². The Morgan fingerprint density at radius 1 is 1.12 bits per heavy atom. The summed E-state index contributed by atoms with van der Waals surface area (Å²) in [7, 11) is 0. The van der Waals surface area contributed by atoms with Gasteiger partial charge in [-0.25, -0.2) is 0 Å². The molecule has 1 aromatic heterocycles. The first-order chi connectivity index (χ1) is 7.89. The SMILES string of the molecule is Cc1ccc(-n2nccc2[B-](F)(F)F)c(C)c1. The van der Waals surface area contributed by atoms with E-state index in [0.29, 0.717) is 5.69 Å². The fourth-order valence-corrected chi connectivity index (χ4v) is 1.81. The lowest BCUT2D eigenvalue weighted by Crippen LogP contribution is -2.39. The second-order valence-corrected chi connectivity index (χ2v) is 4.03. The van der Waals surface area contributed by atoms with Crippen molar-refractivity contribution in [2.75, 3.05) is 0 Å². The predicted molar refractivity (Wildman–Crippen MR) is 61.8 cm³/mol. The third-order valence-corrected chi connectivity index (χ3v) is 2.59. The molecule has 2 aromatic rings. The first-order valence-corrected chi connectivity index (χ1v) is 5.21. The molecule has 0 radical (unpaired) electrons. The number of aromatic nitrogens is 2. The van der Waals surface area contributed by atoms with Crippen LogP contribution in [0.1, 0.15) is 11.1 Å². The fourth-order valence-electron chi connectivity index (χ4n) is 1.81. The zero-order valence-electron chi connectivity index (χ0n) is 9.49. The zero-order valence-corrected chi connectivity index (χ0v) is 9.49. The quantitative estimate of drug-likeness (QED) is 0.736. The number of hydrogen-bond donors (Lipinski definition) is 0. The lowest BCUT2D eigenvalue weighted by molar-refractivity contribution is 0.495. The molecule has 0 aliphatic carbocycles. The number of nitrogens with zero attached hydrogens (tertiary/aromatic N) is 2. The summed E-state index contributed by atoms with van der Waals surface area (Å²) in [5.74, 6) is 0. The van der Waals surface area contributed by atoms with Crippen molar-refractivity contribution in [1.29, 1.82) is 0 Å². The molecule has 17 heavy (non-hydrogen) atoms. The molecule has 2 rings (SSSR count). The summed E-state index contributed by atoms with van der Waals surface area (Å²) in [6.45, 7) is -1.38. The molecule has 0 aliphatic rings. The number of hydrogen-bond acceptors (Lipinski definition) is 1. The van der Waals surface area contributed by atoms with Crippen LogP contribution in [0.5, 0.6) is 0 Å². The van der Waals surface area contributed by atoms with Gasteiger partial charge in [0.2, 0.25) is 0 Å². The molecule has 0 spiro atoms. The van der Waals surface area contributed by atoms with Crippen LogP contribution in [0.4, 0.5) is 12.9 Å². The van der Waals surface area contributed by atoms with Crippen LogP contribution in [0.2, 0.25) is 0 Å². The Morgan fingerprint density at radius 3 is 2.41 bits per heavy atom. The second kappa shape index (κ2) is 3.94. The van der Waals surface area contributed by atoms with Crippen LogP contribution in [0.25, 0.3) is 5.69 Å². The van der Waals surface area contributed by atoms with Crippen molar-refractivity contribution in [1.82, 2.24) is 9.78 Å². The van der Waals surface area contributed by atoms with Crippen LogP contribution in [0, 0.1) is 13.8 Å². The molecule has 2 nitrogen and oxygen atoms in total. The fraction of sp³-hybridized carbons (Fsp3) is 0.182. The minimum absolute atomic E-state index is 0.467. The van der Waals surface area contributed by atoms with Crippen molar-refractivity contribution in [3.63, 3.8) is 0 Å². The summed E-state index contributed by atoms with van der Waals surface area (Å²) in [4.78, 5) is 0. The monoisotopic (exact) mass is 239 g/mol. The van der Waals surface area contributed by atoms with Gasteiger partial charge in [0.1, 0.15) is 0 Å². The number of rotatable bonds is 2. The Kier molecular flexibility index (Phi) is 2.73. The topological polar surface area (TPSA) is 17.8 Å². The van der Waals surface area contributed by atoms with E-state index in [2.05, 4.69) is 5.10 Å². The summed E-state index contributed by atoms with van der Waals surface area (Å²) in [6, 6.07) is 6.27. The van der Waals surface area contributed by atoms with Gasteiger partial charge in [0.15, 0.2) is 0 Å². The van der Waals surface area contributed by atoms with E-state index in [1.807, 2.05) is 13.0 Å². The van der Waals surface area contributed by atoms with Gasteiger partial charge < -0.3 is 12.9 Å². The maximum atomic E-state index is 12.8. The average Bonchev–Trinajstić information content (AvgIpc) is 2.65. The van der Waals surface area contributed by atoms with Crippen molar-refractivity contribution in [2.24, 2.45) is 0 Å². The highest BCUT2D eigenvalue weighted by molar-refractivity contribution is 6.72. The molecule has 0 saturated heterocycles. The minimum Gasteiger partial charge on any atom is -0.444 e. The van der Waals surface area contributed by atoms with Crippen molar-refractivity contribution in [2.45, 2.75) is 13.8 Å². The highest BCUT2D eigenvalue weighted by Gasteiger charge is 2.30. The van der Waals surface area contributed by atoms with E-state index in [-0.39, 0.29) is 0 Å². The highest BCUT2D eigenvalue weighted by Crippen LogP contribution is 2.17. The van der Waals surface area contributed by atoms with Crippen LogP contribution in [0.15, 0.2) is 30.5 Å². The van der Waals surface area contributed by atoms with Crippen LogP contribution < -0.4 is 5.59 Å². The van der Waals surface area contributed by atoms with E-state index in [4.69, 9.17) is 0 Å². The van der Waals surface area contributed by atoms with Crippen LogP contribution in [-0.2, 0) is 0 Å². The Hall–Kier alpha value is -1.72. The maximum Gasteiger partial charge on any atom is 0.527 e. The largest absolute Gasteiger partial charge is 0.527 e. The average molecular weight is 239 g/mol. The van der Waals surface area contributed by atoms with Gasteiger partial charge in [-0.05, 0) is 31.1 Å².